The smallest absolute Gasteiger partial charge is 0.324 e. The molecular weight excluding hydrogens is 739 g/mol. The summed E-state index contributed by atoms with van der Waals surface area (Å²) < 4.78 is 48.4. The molecule has 2 N–H and O–H groups in total. The van der Waals surface area contributed by atoms with Gasteiger partial charge in [-0.2, -0.15) is 4.31 Å². The number of imidazole rings is 1. The molecule has 1 saturated heterocycles. The minimum Gasteiger partial charge on any atom is -0.453 e. The highest BCUT2D eigenvalue weighted by atomic mass is 32.2. The Bertz CT molecular complexity index is 2140. The monoisotopic (exact) mass is 781 g/mol. The molecule has 0 saturated carbocycles. The molecule has 2 aromatic heterocycles. The van der Waals surface area contributed by atoms with Gasteiger partial charge in [0.25, 0.3) is 21.6 Å². The Balaban J connectivity index is 1.49. The van der Waals surface area contributed by atoms with Crippen LogP contribution >= 0.6 is 0 Å². The van der Waals surface area contributed by atoms with Crippen LogP contribution in [-0.2, 0) is 28.7 Å². The number of aliphatic hydroxyl groups excluding tert-OH is 1. The van der Waals surface area contributed by atoms with Crippen molar-refractivity contribution in [2.45, 2.75) is 81.3 Å². The molecule has 54 heavy (non-hydrogen) atoms. The standard InChI is InChI=1S/C35H43N7O10SSi/c1-8-18-41(53(48,49)26-17-13-12-16-24(26)42(46)47)22(2)34(45)52-29-28(43)25(19-50-54(6,7)35(3,4)5)51-33(29)40-21-38-27-30(36-20-37-31(27)40)39-32(44)23-14-10-9-11-15-23/h8-17,20-22,25,28-29,33,43H,1,18-19H2,2-7H3,(H,36,37,39,44)/t22-,25+,28+,29+,33+/m0/s1. The Labute approximate surface area is 313 Å². The van der Waals surface area contributed by atoms with Crippen LogP contribution < -0.4 is 5.32 Å². The maximum absolute atomic E-state index is 13.9. The van der Waals surface area contributed by atoms with E-state index >= 15 is 0 Å². The van der Waals surface area contributed by atoms with Crippen LogP contribution in [0.2, 0.25) is 18.1 Å². The van der Waals surface area contributed by atoms with Crippen molar-refractivity contribution < 1.29 is 41.9 Å². The van der Waals surface area contributed by atoms with Gasteiger partial charge in [-0.15, -0.1) is 6.58 Å². The minimum atomic E-state index is -4.66. The van der Waals surface area contributed by atoms with Crippen LogP contribution in [0.3, 0.4) is 0 Å². The summed E-state index contributed by atoms with van der Waals surface area (Å²) in [4.78, 5) is 50.1. The van der Waals surface area contributed by atoms with Crippen LogP contribution in [0.1, 0.15) is 44.3 Å². The number of fused-ring (bicyclic) bond motifs is 1. The third kappa shape index (κ3) is 8.10. The highest BCUT2D eigenvalue weighted by Crippen LogP contribution is 2.39. The Kier molecular flexibility index (Phi) is 11.8. The van der Waals surface area contributed by atoms with E-state index in [1.807, 2.05) is 13.1 Å². The summed E-state index contributed by atoms with van der Waals surface area (Å²) in [5, 5.41) is 26.0. The van der Waals surface area contributed by atoms with Gasteiger partial charge in [0, 0.05) is 18.2 Å². The highest BCUT2D eigenvalue weighted by molar-refractivity contribution is 7.89. The number of nitrogens with zero attached hydrogens (tertiary/aromatic N) is 6. The van der Waals surface area contributed by atoms with E-state index in [1.54, 1.807) is 30.3 Å². The van der Waals surface area contributed by atoms with Crippen molar-refractivity contribution in [2.75, 3.05) is 18.5 Å². The number of anilines is 1. The average molecular weight is 782 g/mol. The van der Waals surface area contributed by atoms with Crippen LogP contribution in [0.4, 0.5) is 11.5 Å². The first-order valence-corrected chi connectivity index (χ1v) is 21.3. The summed E-state index contributed by atoms with van der Waals surface area (Å²) in [6, 6.07) is 11.7. The lowest BCUT2D eigenvalue weighted by Gasteiger charge is -2.37. The Morgan fingerprint density at radius 1 is 1.15 bits per heavy atom. The maximum Gasteiger partial charge on any atom is 0.324 e. The summed E-state index contributed by atoms with van der Waals surface area (Å²) in [6.07, 6.45) is -1.45. The third-order valence-electron chi connectivity index (χ3n) is 9.61. The molecule has 1 aliphatic rings. The number of carbonyl (C=O) groups is 2. The lowest BCUT2D eigenvalue weighted by Crippen LogP contribution is -2.47. The third-order valence-corrected chi connectivity index (χ3v) is 16.1. The van der Waals surface area contributed by atoms with E-state index in [4.69, 9.17) is 13.9 Å². The van der Waals surface area contributed by atoms with E-state index in [0.29, 0.717) is 5.56 Å². The molecule has 0 spiro atoms. The molecule has 0 radical (unpaired) electrons. The topological polar surface area (TPSA) is 218 Å². The van der Waals surface area contributed by atoms with Crippen molar-refractivity contribution in [3.63, 3.8) is 0 Å². The summed E-state index contributed by atoms with van der Waals surface area (Å²) in [7, 11) is -7.01. The van der Waals surface area contributed by atoms with E-state index in [1.165, 1.54) is 42.4 Å². The van der Waals surface area contributed by atoms with Crippen molar-refractivity contribution in [3.05, 3.63) is 95.6 Å². The number of sulfonamides is 1. The summed E-state index contributed by atoms with van der Waals surface area (Å²) >= 11 is 0. The van der Waals surface area contributed by atoms with E-state index < -0.39 is 82.8 Å². The van der Waals surface area contributed by atoms with E-state index in [-0.39, 0.29) is 28.6 Å². The largest absolute Gasteiger partial charge is 0.453 e. The number of hydrogen-bond donors (Lipinski definition) is 2. The van der Waals surface area contributed by atoms with Gasteiger partial charge >= 0.3 is 5.97 Å². The lowest BCUT2D eigenvalue weighted by molar-refractivity contribution is -0.387. The minimum absolute atomic E-state index is 0.0631. The van der Waals surface area contributed by atoms with E-state index in [2.05, 4.69) is 47.6 Å². The Morgan fingerprint density at radius 3 is 2.46 bits per heavy atom. The van der Waals surface area contributed by atoms with E-state index in [0.717, 1.165) is 16.4 Å². The molecule has 1 fully saturated rings. The normalized spacial score (nSPS) is 19.8. The molecule has 2 aromatic carbocycles. The van der Waals surface area contributed by atoms with Crippen LogP contribution in [0.15, 0.2) is 84.8 Å². The molecule has 3 heterocycles. The Hall–Kier alpha value is -4.92. The van der Waals surface area contributed by atoms with Crippen LogP contribution in [-0.4, -0.2) is 100.0 Å². The van der Waals surface area contributed by atoms with E-state index in [9.17, 15) is 33.2 Å². The van der Waals surface area contributed by atoms with Gasteiger partial charge in [0.05, 0.1) is 17.9 Å². The molecule has 5 rings (SSSR count). The fraction of sp³-hybridized carbons (Fsp3) is 0.400. The second-order valence-electron chi connectivity index (χ2n) is 14.2. The second kappa shape index (κ2) is 15.8. The van der Waals surface area contributed by atoms with Gasteiger partial charge in [-0.1, -0.05) is 57.2 Å². The number of esters is 1. The highest BCUT2D eigenvalue weighted by Gasteiger charge is 2.50. The van der Waals surface area contributed by atoms with Crippen LogP contribution in [0, 0.1) is 10.1 Å². The number of ether oxygens (including phenoxy) is 2. The number of aromatic nitrogens is 4. The predicted molar refractivity (Wildman–Crippen MR) is 199 cm³/mol. The van der Waals surface area contributed by atoms with Gasteiger partial charge in [0.2, 0.25) is 0 Å². The molecule has 1 aliphatic heterocycles. The number of hydrogen-bond acceptors (Lipinski definition) is 13. The number of amides is 1. The number of nitro groups is 1. The summed E-state index contributed by atoms with van der Waals surface area (Å²) in [5.41, 5.74) is 0.0422. The van der Waals surface area contributed by atoms with Crippen molar-refractivity contribution in [2.24, 2.45) is 0 Å². The lowest BCUT2D eigenvalue weighted by atomic mass is 10.1. The molecular formula is C35H43N7O10SSi. The van der Waals surface area contributed by atoms with Crippen molar-refractivity contribution in [1.29, 1.82) is 0 Å². The fourth-order valence-corrected chi connectivity index (χ4v) is 8.24. The molecule has 0 aliphatic carbocycles. The number of aliphatic hydroxyl groups is 1. The van der Waals surface area contributed by atoms with Crippen LogP contribution in [0.5, 0.6) is 0 Å². The number of carbonyl (C=O) groups excluding carboxylic acids is 2. The molecule has 19 heteroatoms. The van der Waals surface area contributed by atoms with Gasteiger partial charge in [0.1, 0.15) is 24.6 Å². The number of benzene rings is 2. The van der Waals surface area contributed by atoms with Gasteiger partial charge < -0.3 is 24.3 Å². The molecule has 4 aromatic rings. The maximum atomic E-state index is 13.9. The van der Waals surface area contributed by atoms with Crippen molar-refractivity contribution in [1.82, 2.24) is 23.8 Å². The first kappa shape index (κ1) is 40.3. The molecule has 288 valence electrons. The van der Waals surface area contributed by atoms with Crippen LogP contribution in [0.25, 0.3) is 11.2 Å². The fourth-order valence-electron chi connectivity index (χ4n) is 5.51. The zero-order valence-corrected chi connectivity index (χ0v) is 32.5. The molecule has 0 bridgehead atoms. The summed E-state index contributed by atoms with van der Waals surface area (Å²) in [6.45, 7) is 14.6. The molecule has 0 unspecified atom stereocenters. The first-order valence-electron chi connectivity index (χ1n) is 17.0. The molecule has 1 amide bonds. The van der Waals surface area contributed by atoms with Gasteiger partial charge in [-0.25, -0.2) is 23.4 Å². The first-order chi connectivity index (χ1) is 25.4. The SMILES string of the molecule is C=CCN([C@@H](C)C(=O)O[C@@H]1[C@H](O)[C@@H](CO[Si](C)(C)C(C)(C)C)O[C@H]1n1cnc2c(NC(=O)c3ccccc3)ncnc21)S(=O)(=O)c1ccccc1[N+](=O)[O-]. The number of para-hydroxylation sites is 1. The van der Waals surface area contributed by atoms with Crippen molar-refractivity contribution >= 4 is 52.9 Å². The quantitative estimate of drug-likeness (QED) is 0.0595. The number of nitrogens with one attached hydrogen (secondary N) is 1. The number of nitro benzene ring substituents is 1. The molecule has 5 atom stereocenters. The van der Waals surface area contributed by atoms with Crippen molar-refractivity contribution in [3.8, 4) is 0 Å². The van der Waals surface area contributed by atoms with Gasteiger partial charge in [-0.05, 0) is 43.3 Å². The number of rotatable bonds is 14. The summed E-state index contributed by atoms with van der Waals surface area (Å²) in [5.74, 6) is -1.44. The Morgan fingerprint density at radius 2 is 1.81 bits per heavy atom. The van der Waals surface area contributed by atoms with Gasteiger partial charge in [-0.3, -0.25) is 24.3 Å². The zero-order valence-electron chi connectivity index (χ0n) is 30.6. The average Bonchev–Trinajstić information content (AvgIpc) is 3.70. The molecule has 17 nitrogen and oxygen atoms in total. The van der Waals surface area contributed by atoms with Gasteiger partial charge in [0.15, 0.2) is 42.5 Å². The second-order valence-corrected chi connectivity index (χ2v) is 20.8. The predicted octanol–water partition coefficient (Wildman–Crippen LogP) is 4.44. The zero-order chi connectivity index (χ0) is 39.6.